The highest BCUT2D eigenvalue weighted by Gasteiger charge is 2.08. The van der Waals surface area contributed by atoms with Crippen LogP contribution in [-0.4, -0.2) is 25.6 Å². The molecular formula is C14H20N2O. The SMILES string of the molecule is COc1ccc(C#N)cc1CN(C)CC(C)C. The van der Waals surface area contributed by atoms with Crippen LogP contribution < -0.4 is 4.74 Å². The van der Waals surface area contributed by atoms with Crippen molar-refractivity contribution in [1.29, 1.82) is 5.26 Å². The van der Waals surface area contributed by atoms with Gasteiger partial charge in [0.2, 0.25) is 0 Å². The number of benzene rings is 1. The summed E-state index contributed by atoms with van der Waals surface area (Å²) in [5.41, 5.74) is 1.74. The van der Waals surface area contributed by atoms with Gasteiger partial charge in [-0.15, -0.1) is 0 Å². The monoisotopic (exact) mass is 232 g/mol. The number of rotatable bonds is 5. The Bertz CT molecular complexity index is 407. The van der Waals surface area contributed by atoms with Crippen molar-refractivity contribution < 1.29 is 4.74 Å². The summed E-state index contributed by atoms with van der Waals surface area (Å²) in [7, 11) is 3.74. The third-order valence-corrected chi connectivity index (χ3v) is 2.53. The summed E-state index contributed by atoms with van der Waals surface area (Å²) in [5.74, 6) is 1.48. The number of nitrogens with zero attached hydrogens (tertiary/aromatic N) is 2. The first kappa shape index (κ1) is 13.5. The molecule has 0 saturated carbocycles. The Hall–Kier alpha value is -1.53. The van der Waals surface area contributed by atoms with Crippen molar-refractivity contribution in [3.05, 3.63) is 29.3 Å². The standard InChI is InChI=1S/C14H20N2O/c1-11(2)9-16(3)10-13-7-12(8-15)5-6-14(13)17-4/h5-7,11H,9-10H2,1-4H3. The van der Waals surface area contributed by atoms with E-state index in [2.05, 4.69) is 31.9 Å². The summed E-state index contributed by atoms with van der Waals surface area (Å²) in [5, 5.41) is 8.90. The lowest BCUT2D eigenvalue weighted by molar-refractivity contribution is 0.283. The van der Waals surface area contributed by atoms with Crippen molar-refractivity contribution >= 4 is 0 Å². The highest BCUT2D eigenvalue weighted by Crippen LogP contribution is 2.21. The first-order chi connectivity index (χ1) is 8.06. The predicted octanol–water partition coefficient (Wildman–Crippen LogP) is 2.65. The minimum atomic E-state index is 0.630. The molecule has 0 fully saturated rings. The van der Waals surface area contributed by atoms with Crippen LogP contribution in [0.25, 0.3) is 0 Å². The maximum atomic E-state index is 8.90. The highest BCUT2D eigenvalue weighted by molar-refractivity contribution is 5.41. The van der Waals surface area contributed by atoms with Gasteiger partial charge in [-0.25, -0.2) is 0 Å². The highest BCUT2D eigenvalue weighted by atomic mass is 16.5. The number of hydrogen-bond acceptors (Lipinski definition) is 3. The molecule has 0 aliphatic carbocycles. The van der Waals surface area contributed by atoms with Gasteiger partial charge in [-0.3, -0.25) is 0 Å². The van der Waals surface area contributed by atoms with Gasteiger partial charge in [0.25, 0.3) is 0 Å². The molecule has 1 rings (SSSR count). The number of methoxy groups -OCH3 is 1. The van der Waals surface area contributed by atoms with Gasteiger partial charge in [0, 0.05) is 18.7 Å². The van der Waals surface area contributed by atoms with E-state index >= 15 is 0 Å². The molecule has 92 valence electrons. The molecule has 0 bridgehead atoms. The molecule has 1 aromatic rings. The van der Waals surface area contributed by atoms with E-state index < -0.39 is 0 Å². The summed E-state index contributed by atoms with van der Waals surface area (Å²) in [6.07, 6.45) is 0. The molecule has 0 aliphatic rings. The number of ether oxygens (including phenoxy) is 1. The van der Waals surface area contributed by atoms with Crippen molar-refractivity contribution in [2.24, 2.45) is 5.92 Å². The molecule has 0 spiro atoms. The smallest absolute Gasteiger partial charge is 0.123 e. The molecule has 0 aromatic heterocycles. The van der Waals surface area contributed by atoms with Gasteiger partial charge in [0.1, 0.15) is 5.75 Å². The fraction of sp³-hybridized carbons (Fsp3) is 0.500. The van der Waals surface area contributed by atoms with Gasteiger partial charge in [-0.1, -0.05) is 13.8 Å². The van der Waals surface area contributed by atoms with Gasteiger partial charge in [0.15, 0.2) is 0 Å². The van der Waals surface area contributed by atoms with E-state index in [0.29, 0.717) is 11.5 Å². The normalized spacial score (nSPS) is 10.6. The zero-order valence-corrected chi connectivity index (χ0v) is 11.0. The molecular weight excluding hydrogens is 212 g/mol. The minimum absolute atomic E-state index is 0.630. The molecule has 3 nitrogen and oxygen atoms in total. The quantitative estimate of drug-likeness (QED) is 0.783. The molecule has 0 N–H and O–H groups in total. The molecule has 0 aliphatic heterocycles. The zero-order valence-electron chi connectivity index (χ0n) is 11.0. The van der Waals surface area contributed by atoms with Crippen LogP contribution in [0.5, 0.6) is 5.75 Å². The Kier molecular flexibility index (Phi) is 4.99. The average molecular weight is 232 g/mol. The van der Waals surface area contributed by atoms with Gasteiger partial charge in [-0.2, -0.15) is 5.26 Å². The van der Waals surface area contributed by atoms with Crippen molar-refractivity contribution in [2.75, 3.05) is 20.7 Å². The predicted molar refractivity (Wildman–Crippen MR) is 68.9 cm³/mol. The first-order valence-electron chi connectivity index (χ1n) is 5.82. The Morgan fingerprint density at radius 2 is 2.12 bits per heavy atom. The Morgan fingerprint density at radius 1 is 1.41 bits per heavy atom. The lowest BCUT2D eigenvalue weighted by atomic mass is 10.1. The molecule has 1 aromatic carbocycles. The Balaban J connectivity index is 2.84. The van der Waals surface area contributed by atoms with Crippen molar-refractivity contribution in [1.82, 2.24) is 4.90 Å². The fourth-order valence-electron chi connectivity index (χ4n) is 1.95. The summed E-state index contributed by atoms with van der Waals surface area (Å²) in [4.78, 5) is 2.24. The van der Waals surface area contributed by atoms with Crippen LogP contribution in [-0.2, 0) is 6.54 Å². The van der Waals surface area contributed by atoms with E-state index in [1.165, 1.54) is 0 Å². The average Bonchev–Trinajstić information content (AvgIpc) is 2.27. The second-order valence-corrected chi connectivity index (χ2v) is 4.73. The van der Waals surface area contributed by atoms with Crippen LogP contribution in [0.3, 0.4) is 0 Å². The van der Waals surface area contributed by atoms with Gasteiger partial charge < -0.3 is 9.64 Å². The van der Waals surface area contributed by atoms with Gasteiger partial charge in [-0.05, 0) is 31.2 Å². The topological polar surface area (TPSA) is 36.3 Å². The van der Waals surface area contributed by atoms with Crippen LogP contribution in [0.2, 0.25) is 0 Å². The van der Waals surface area contributed by atoms with E-state index in [0.717, 1.165) is 24.4 Å². The summed E-state index contributed by atoms with van der Waals surface area (Å²) in [6.45, 7) is 6.22. The molecule has 0 radical (unpaired) electrons. The first-order valence-corrected chi connectivity index (χ1v) is 5.82. The third kappa shape index (κ3) is 4.08. The van der Waals surface area contributed by atoms with E-state index in [1.807, 2.05) is 12.1 Å². The molecule has 0 atom stereocenters. The second kappa shape index (κ2) is 6.27. The van der Waals surface area contributed by atoms with Crippen molar-refractivity contribution in [2.45, 2.75) is 20.4 Å². The molecule has 0 heterocycles. The van der Waals surface area contributed by atoms with Crippen LogP contribution in [0.1, 0.15) is 25.0 Å². The van der Waals surface area contributed by atoms with Gasteiger partial charge in [0.05, 0.1) is 18.7 Å². The Morgan fingerprint density at radius 3 is 2.65 bits per heavy atom. The zero-order chi connectivity index (χ0) is 12.8. The summed E-state index contributed by atoms with van der Waals surface area (Å²) < 4.78 is 5.31. The maximum absolute atomic E-state index is 8.90. The lowest BCUT2D eigenvalue weighted by Gasteiger charge is -2.20. The molecule has 3 heteroatoms. The second-order valence-electron chi connectivity index (χ2n) is 4.73. The van der Waals surface area contributed by atoms with E-state index in [1.54, 1.807) is 13.2 Å². The van der Waals surface area contributed by atoms with E-state index in [9.17, 15) is 0 Å². The van der Waals surface area contributed by atoms with E-state index in [-0.39, 0.29) is 0 Å². The Labute approximate surface area is 104 Å². The summed E-state index contributed by atoms with van der Waals surface area (Å²) >= 11 is 0. The largest absolute Gasteiger partial charge is 0.496 e. The van der Waals surface area contributed by atoms with E-state index in [4.69, 9.17) is 10.00 Å². The maximum Gasteiger partial charge on any atom is 0.123 e. The van der Waals surface area contributed by atoms with Crippen molar-refractivity contribution in [3.8, 4) is 11.8 Å². The molecule has 0 amide bonds. The van der Waals surface area contributed by atoms with Crippen LogP contribution in [0.15, 0.2) is 18.2 Å². The molecule has 0 unspecified atom stereocenters. The van der Waals surface area contributed by atoms with Crippen LogP contribution in [0, 0.1) is 17.2 Å². The molecule has 0 saturated heterocycles. The number of hydrogen-bond donors (Lipinski definition) is 0. The lowest BCUT2D eigenvalue weighted by Crippen LogP contribution is -2.23. The number of nitriles is 1. The van der Waals surface area contributed by atoms with Gasteiger partial charge >= 0.3 is 0 Å². The van der Waals surface area contributed by atoms with Crippen LogP contribution >= 0.6 is 0 Å². The minimum Gasteiger partial charge on any atom is -0.496 e. The third-order valence-electron chi connectivity index (χ3n) is 2.53. The van der Waals surface area contributed by atoms with Crippen LogP contribution in [0.4, 0.5) is 0 Å². The fourth-order valence-corrected chi connectivity index (χ4v) is 1.95. The molecule has 17 heavy (non-hydrogen) atoms. The summed E-state index contributed by atoms with van der Waals surface area (Å²) in [6, 6.07) is 7.70. The van der Waals surface area contributed by atoms with Crippen molar-refractivity contribution in [3.63, 3.8) is 0 Å².